The summed E-state index contributed by atoms with van der Waals surface area (Å²) in [6.45, 7) is -0.441. The van der Waals surface area contributed by atoms with Gasteiger partial charge in [0, 0.05) is 5.02 Å². The minimum atomic E-state index is -0.727. The minimum absolute atomic E-state index is 0.223. The Morgan fingerprint density at radius 1 is 1.07 bits per heavy atom. The van der Waals surface area contributed by atoms with Crippen molar-refractivity contribution in [3.63, 3.8) is 0 Å². The van der Waals surface area contributed by atoms with E-state index in [1.807, 2.05) is 12.1 Å². The number of para-hydroxylation sites is 1. The van der Waals surface area contributed by atoms with E-state index in [-0.39, 0.29) is 5.56 Å². The standard InChI is InChI=1S/C21H20ClNO5/c1-27-19(25)16-5-2-3-6-17(16)23-18(24)13-28-20(26)21(11-4-12-21)14-7-9-15(22)10-8-14/h2-3,5-10H,4,11-13H2,1H3,(H,23,24). The summed E-state index contributed by atoms with van der Waals surface area (Å²) >= 11 is 5.93. The Bertz CT molecular complexity index is 890. The van der Waals surface area contributed by atoms with E-state index in [9.17, 15) is 14.4 Å². The molecule has 0 aromatic heterocycles. The van der Waals surface area contributed by atoms with E-state index in [2.05, 4.69) is 5.32 Å². The van der Waals surface area contributed by atoms with E-state index in [1.165, 1.54) is 13.2 Å². The van der Waals surface area contributed by atoms with Crippen LogP contribution in [0.2, 0.25) is 5.02 Å². The van der Waals surface area contributed by atoms with Crippen LogP contribution in [0.1, 0.15) is 35.2 Å². The molecule has 1 aliphatic rings. The number of ether oxygens (including phenoxy) is 2. The van der Waals surface area contributed by atoms with Crippen LogP contribution in [0.15, 0.2) is 48.5 Å². The first-order valence-electron chi connectivity index (χ1n) is 8.87. The molecule has 1 N–H and O–H groups in total. The first-order valence-corrected chi connectivity index (χ1v) is 9.24. The van der Waals surface area contributed by atoms with Crippen LogP contribution in [0.3, 0.4) is 0 Å². The van der Waals surface area contributed by atoms with Gasteiger partial charge in [0.1, 0.15) is 0 Å². The number of rotatable bonds is 6. The fourth-order valence-electron chi connectivity index (χ4n) is 3.25. The molecular formula is C21H20ClNO5. The van der Waals surface area contributed by atoms with Gasteiger partial charge in [-0.3, -0.25) is 9.59 Å². The van der Waals surface area contributed by atoms with Crippen molar-refractivity contribution in [3.05, 3.63) is 64.7 Å². The highest BCUT2D eigenvalue weighted by molar-refractivity contribution is 6.30. The SMILES string of the molecule is COC(=O)c1ccccc1NC(=O)COC(=O)C1(c2ccc(Cl)cc2)CCC1. The van der Waals surface area contributed by atoms with Crippen LogP contribution >= 0.6 is 11.6 Å². The van der Waals surface area contributed by atoms with Gasteiger partial charge >= 0.3 is 11.9 Å². The van der Waals surface area contributed by atoms with Gasteiger partial charge < -0.3 is 14.8 Å². The Labute approximate surface area is 167 Å². The third-order valence-corrected chi connectivity index (χ3v) is 5.19. The molecule has 28 heavy (non-hydrogen) atoms. The molecule has 1 aliphatic carbocycles. The molecular weight excluding hydrogens is 382 g/mol. The van der Waals surface area contributed by atoms with E-state index in [1.54, 1.807) is 30.3 Å². The van der Waals surface area contributed by atoms with E-state index >= 15 is 0 Å². The highest BCUT2D eigenvalue weighted by Crippen LogP contribution is 2.45. The van der Waals surface area contributed by atoms with Gasteiger partial charge in [-0.2, -0.15) is 0 Å². The maximum atomic E-state index is 12.7. The van der Waals surface area contributed by atoms with Crippen molar-refractivity contribution in [2.45, 2.75) is 24.7 Å². The Kier molecular flexibility index (Phi) is 5.99. The molecule has 0 bridgehead atoms. The van der Waals surface area contributed by atoms with Crippen molar-refractivity contribution in [2.75, 3.05) is 19.0 Å². The number of carbonyl (C=O) groups is 3. The van der Waals surface area contributed by atoms with Gasteiger partial charge in [-0.05, 0) is 42.7 Å². The number of carbonyl (C=O) groups excluding carboxylic acids is 3. The summed E-state index contributed by atoms with van der Waals surface area (Å²) in [7, 11) is 1.26. The van der Waals surface area contributed by atoms with Crippen LogP contribution in [0.25, 0.3) is 0 Å². The first-order chi connectivity index (χ1) is 13.5. The van der Waals surface area contributed by atoms with Crippen LogP contribution in [0, 0.1) is 0 Å². The number of halogens is 1. The first kappa shape index (κ1) is 19.9. The predicted molar refractivity (Wildman–Crippen MR) is 104 cm³/mol. The summed E-state index contributed by atoms with van der Waals surface area (Å²) in [6.07, 6.45) is 2.25. The van der Waals surface area contributed by atoms with Crippen molar-refractivity contribution < 1.29 is 23.9 Å². The summed E-state index contributed by atoms with van der Waals surface area (Å²) in [4.78, 5) is 36.7. The number of esters is 2. The lowest BCUT2D eigenvalue weighted by Gasteiger charge is -2.39. The molecule has 2 aromatic carbocycles. The fraction of sp³-hybridized carbons (Fsp3) is 0.286. The maximum Gasteiger partial charge on any atom is 0.339 e. The number of nitrogens with one attached hydrogen (secondary N) is 1. The number of methoxy groups -OCH3 is 1. The van der Waals surface area contributed by atoms with E-state index in [0.29, 0.717) is 23.6 Å². The molecule has 146 valence electrons. The minimum Gasteiger partial charge on any atom is -0.465 e. The van der Waals surface area contributed by atoms with Crippen molar-refractivity contribution in [1.82, 2.24) is 0 Å². The van der Waals surface area contributed by atoms with Crippen molar-refractivity contribution >= 4 is 35.1 Å². The Morgan fingerprint density at radius 2 is 1.75 bits per heavy atom. The lowest BCUT2D eigenvalue weighted by atomic mass is 9.64. The highest BCUT2D eigenvalue weighted by Gasteiger charge is 2.47. The average molecular weight is 402 g/mol. The Hall–Kier alpha value is -2.86. The maximum absolute atomic E-state index is 12.7. The fourth-order valence-corrected chi connectivity index (χ4v) is 3.37. The molecule has 3 rings (SSSR count). The lowest BCUT2D eigenvalue weighted by molar-refractivity contribution is -0.156. The summed E-state index contributed by atoms with van der Waals surface area (Å²) in [6, 6.07) is 13.6. The van der Waals surface area contributed by atoms with Gasteiger partial charge in [-0.15, -0.1) is 0 Å². The summed E-state index contributed by atoms with van der Waals surface area (Å²) < 4.78 is 9.99. The molecule has 6 nitrogen and oxygen atoms in total. The third-order valence-electron chi connectivity index (χ3n) is 4.94. The summed E-state index contributed by atoms with van der Waals surface area (Å²) in [5.74, 6) is -1.53. The monoisotopic (exact) mass is 401 g/mol. The molecule has 2 aromatic rings. The van der Waals surface area contributed by atoms with Gasteiger partial charge in [0.15, 0.2) is 6.61 Å². The van der Waals surface area contributed by atoms with E-state index in [0.717, 1.165) is 12.0 Å². The molecule has 1 amide bonds. The number of amides is 1. The molecule has 0 atom stereocenters. The van der Waals surface area contributed by atoms with Crippen LogP contribution in [0.4, 0.5) is 5.69 Å². The number of benzene rings is 2. The molecule has 1 fully saturated rings. The Morgan fingerprint density at radius 3 is 2.36 bits per heavy atom. The zero-order valence-corrected chi connectivity index (χ0v) is 16.1. The van der Waals surface area contributed by atoms with E-state index < -0.39 is 29.9 Å². The molecule has 1 saturated carbocycles. The molecule has 0 unspecified atom stereocenters. The van der Waals surface area contributed by atoms with Crippen LogP contribution < -0.4 is 5.32 Å². The summed E-state index contributed by atoms with van der Waals surface area (Å²) in [5, 5.41) is 3.17. The van der Waals surface area contributed by atoms with Gasteiger partial charge in [0.25, 0.3) is 5.91 Å². The lowest BCUT2D eigenvalue weighted by Crippen LogP contribution is -2.44. The molecule has 0 aliphatic heterocycles. The molecule has 0 saturated heterocycles. The second kappa shape index (κ2) is 8.44. The normalized spacial score (nSPS) is 14.5. The van der Waals surface area contributed by atoms with Gasteiger partial charge in [0.05, 0.1) is 23.8 Å². The second-order valence-electron chi connectivity index (χ2n) is 6.60. The second-order valence-corrected chi connectivity index (χ2v) is 7.04. The van der Waals surface area contributed by atoms with Crippen LogP contribution in [0.5, 0.6) is 0 Å². The quantitative estimate of drug-likeness (QED) is 0.746. The van der Waals surface area contributed by atoms with Crippen LogP contribution in [-0.4, -0.2) is 31.6 Å². The van der Waals surface area contributed by atoms with Gasteiger partial charge in [-0.25, -0.2) is 4.79 Å². The zero-order valence-electron chi connectivity index (χ0n) is 15.4. The predicted octanol–water partition coefficient (Wildman–Crippen LogP) is 3.73. The van der Waals surface area contributed by atoms with Gasteiger partial charge in [-0.1, -0.05) is 42.3 Å². The topological polar surface area (TPSA) is 81.7 Å². The van der Waals surface area contributed by atoms with E-state index in [4.69, 9.17) is 21.1 Å². The number of hydrogen-bond donors (Lipinski definition) is 1. The number of hydrogen-bond acceptors (Lipinski definition) is 5. The van der Waals surface area contributed by atoms with Crippen molar-refractivity contribution in [1.29, 1.82) is 0 Å². The largest absolute Gasteiger partial charge is 0.465 e. The smallest absolute Gasteiger partial charge is 0.339 e. The average Bonchev–Trinajstić information content (AvgIpc) is 2.67. The molecule has 0 radical (unpaired) electrons. The molecule has 0 heterocycles. The Balaban J connectivity index is 1.64. The van der Waals surface area contributed by atoms with Crippen LogP contribution in [-0.2, 0) is 24.5 Å². The highest BCUT2D eigenvalue weighted by atomic mass is 35.5. The summed E-state index contributed by atoms with van der Waals surface area (Å²) in [5.41, 5.74) is 0.631. The molecule has 0 spiro atoms. The number of anilines is 1. The van der Waals surface area contributed by atoms with Gasteiger partial charge in [0.2, 0.25) is 0 Å². The van der Waals surface area contributed by atoms with Crippen molar-refractivity contribution in [2.24, 2.45) is 0 Å². The zero-order chi connectivity index (χ0) is 20.1. The van der Waals surface area contributed by atoms with Crippen molar-refractivity contribution in [3.8, 4) is 0 Å². The molecule has 7 heteroatoms. The third kappa shape index (κ3) is 4.02.